The number of aliphatic hydroxyl groups is 3. The highest BCUT2D eigenvalue weighted by Crippen LogP contribution is 2.24. The Kier molecular flexibility index (Phi) is 5.13. The summed E-state index contributed by atoms with van der Waals surface area (Å²) in [5, 5.41) is 31.4. The van der Waals surface area contributed by atoms with Gasteiger partial charge in [-0.2, -0.15) is 0 Å². The maximum atomic E-state index is 12.2. The first-order valence-corrected chi connectivity index (χ1v) is 8.22. The molecule has 0 aliphatic heterocycles. The van der Waals surface area contributed by atoms with Gasteiger partial charge in [-0.15, -0.1) is 0 Å². The number of amides is 1. The number of nitrogens with zero attached hydrogens (tertiary/aromatic N) is 1. The van der Waals surface area contributed by atoms with Crippen molar-refractivity contribution in [3.05, 3.63) is 30.0 Å². The number of anilines is 1. The van der Waals surface area contributed by atoms with E-state index in [0.717, 1.165) is 12.8 Å². The molecule has 130 valence electrons. The summed E-state index contributed by atoms with van der Waals surface area (Å²) in [7, 11) is 0. The SMILES string of the molecule is O=C(Nc1ccc(OC2CCCC2)nc1)C1=C[C@@H](O)[C@@H](O)[C@H](O)C1. The third kappa shape index (κ3) is 3.92. The molecule has 7 nitrogen and oxygen atoms in total. The molecule has 0 unspecified atom stereocenters. The van der Waals surface area contributed by atoms with Gasteiger partial charge in [0.15, 0.2) is 0 Å². The average molecular weight is 334 g/mol. The van der Waals surface area contributed by atoms with Gasteiger partial charge < -0.3 is 25.4 Å². The minimum atomic E-state index is -1.27. The quantitative estimate of drug-likeness (QED) is 0.647. The molecule has 24 heavy (non-hydrogen) atoms. The summed E-state index contributed by atoms with van der Waals surface area (Å²) >= 11 is 0. The van der Waals surface area contributed by atoms with Gasteiger partial charge in [0.25, 0.3) is 5.91 Å². The second-order valence-corrected chi connectivity index (χ2v) is 6.31. The van der Waals surface area contributed by atoms with Gasteiger partial charge >= 0.3 is 0 Å². The number of rotatable bonds is 4. The van der Waals surface area contributed by atoms with Crippen molar-refractivity contribution in [1.29, 1.82) is 0 Å². The van der Waals surface area contributed by atoms with Gasteiger partial charge in [-0.3, -0.25) is 4.79 Å². The van der Waals surface area contributed by atoms with E-state index in [1.54, 1.807) is 12.1 Å². The summed E-state index contributed by atoms with van der Waals surface area (Å²) in [5.74, 6) is 0.0945. The van der Waals surface area contributed by atoms with Gasteiger partial charge in [0, 0.05) is 18.1 Å². The summed E-state index contributed by atoms with van der Waals surface area (Å²) in [4.78, 5) is 16.4. The number of carbonyl (C=O) groups is 1. The third-order valence-electron chi connectivity index (χ3n) is 4.42. The van der Waals surface area contributed by atoms with Crippen LogP contribution < -0.4 is 10.1 Å². The van der Waals surface area contributed by atoms with Crippen LogP contribution >= 0.6 is 0 Å². The molecule has 0 aromatic carbocycles. The van der Waals surface area contributed by atoms with E-state index in [1.165, 1.54) is 25.1 Å². The summed E-state index contributed by atoms with van der Waals surface area (Å²) in [6.07, 6.45) is 3.75. The summed E-state index contributed by atoms with van der Waals surface area (Å²) in [5.41, 5.74) is 0.723. The van der Waals surface area contributed by atoms with Crippen LogP contribution in [0.5, 0.6) is 5.88 Å². The van der Waals surface area contributed by atoms with Crippen LogP contribution in [0.4, 0.5) is 5.69 Å². The standard InChI is InChI=1S/C17H22N2O5/c20-13-7-10(8-14(21)16(13)22)17(23)19-11-5-6-15(18-9-11)24-12-3-1-2-4-12/h5-7,9,12-14,16,20-22H,1-4,8H2,(H,19,23)/t13-,14-,16-/m1/s1. The van der Waals surface area contributed by atoms with Gasteiger partial charge in [-0.05, 0) is 37.8 Å². The van der Waals surface area contributed by atoms with Gasteiger partial charge in [0.2, 0.25) is 5.88 Å². The monoisotopic (exact) mass is 334 g/mol. The molecule has 2 aliphatic carbocycles. The lowest BCUT2D eigenvalue weighted by molar-refractivity contribution is -0.114. The first kappa shape index (κ1) is 16.9. The molecule has 0 radical (unpaired) electrons. The molecule has 3 rings (SSSR count). The van der Waals surface area contributed by atoms with Crippen molar-refractivity contribution in [2.45, 2.75) is 56.5 Å². The molecule has 1 aromatic heterocycles. The Hall–Kier alpha value is -1.96. The molecule has 4 N–H and O–H groups in total. The van der Waals surface area contributed by atoms with Crippen molar-refractivity contribution in [2.75, 3.05) is 5.32 Å². The maximum Gasteiger partial charge on any atom is 0.251 e. The van der Waals surface area contributed by atoms with Crippen LogP contribution in [-0.4, -0.2) is 50.6 Å². The molecule has 1 aromatic rings. The smallest absolute Gasteiger partial charge is 0.251 e. The maximum absolute atomic E-state index is 12.2. The number of hydrogen-bond donors (Lipinski definition) is 4. The molecule has 1 amide bonds. The van der Waals surface area contributed by atoms with Crippen LogP contribution in [0.1, 0.15) is 32.1 Å². The van der Waals surface area contributed by atoms with Gasteiger partial charge in [-0.25, -0.2) is 4.98 Å². The van der Waals surface area contributed by atoms with E-state index in [0.29, 0.717) is 11.6 Å². The van der Waals surface area contributed by atoms with E-state index >= 15 is 0 Å². The summed E-state index contributed by atoms with van der Waals surface area (Å²) in [6, 6.07) is 3.40. The zero-order valence-corrected chi connectivity index (χ0v) is 13.3. The van der Waals surface area contributed by atoms with Crippen LogP contribution in [0.2, 0.25) is 0 Å². The molecular formula is C17H22N2O5. The van der Waals surface area contributed by atoms with Gasteiger partial charge in [-0.1, -0.05) is 0 Å². The van der Waals surface area contributed by atoms with E-state index in [1.807, 2.05) is 0 Å². The molecule has 1 saturated carbocycles. The molecule has 1 heterocycles. The first-order valence-electron chi connectivity index (χ1n) is 8.22. The van der Waals surface area contributed by atoms with Crippen LogP contribution in [0.3, 0.4) is 0 Å². The Bertz CT molecular complexity index is 610. The zero-order chi connectivity index (χ0) is 17.1. The minimum absolute atomic E-state index is 0.0135. The van der Waals surface area contributed by atoms with Crippen molar-refractivity contribution >= 4 is 11.6 Å². The topological polar surface area (TPSA) is 112 Å². The number of aromatic nitrogens is 1. The number of nitrogens with one attached hydrogen (secondary N) is 1. The predicted molar refractivity (Wildman–Crippen MR) is 86.5 cm³/mol. The van der Waals surface area contributed by atoms with Crippen LogP contribution in [0, 0.1) is 0 Å². The number of aliphatic hydroxyl groups excluding tert-OH is 3. The van der Waals surface area contributed by atoms with Crippen molar-refractivity contribution in [2.24, 2.45) is 0 Å². The summed E-state index contributed by atoms with van der Waals surface area (Å²) in [6.45, 7) is 0. The Morgan fingerprint density at radius 1 is 1.21 bits per heavy atom. The molecule has 3 atom stereocenters. The fourth-order valence-corrected chi connectivity index (χ4v) is 3.03. The lowest BCUT2D eigenvalue weighted by Gasteiger charge is -2.27. The number of hydrogen-bond acceptors (Lipinski definition) is 6. The fraction of sp³-hybridized carbons (Fsp3) is 0.529. The van der Waals surface area contributed by atoms with Gasteiger partial charge in [0.1, 0.15) is 18.3 Å². The number of carbonyl (C=O) groups excluding carboxylic acids is 1. The van der Waals surface area contributed by atoms with E-state index in [4.69, 9.17) is 4.74 Å². The largest absolute Gasteiger partial charge is 0.474 e. The third-order valence-corrected chi connectivity index (χ3v) is 4.42. The normalized spacial score (nSPS) is 27.6. The average Bonchev–Trinajstić information content (AvgIpc) is 3.07. The number of pyridine rings is 1. The van der Waals surface area contributed by atoms with Crippen molar-refractivity contribution in [3.8, 4) is 5.88 Å². The zero-order valence-electron chi connectivity index (χ0n) is 13.3. The van der Waals surface area contributed by atoms with Crippen LogP contribution in [0.25, 0.3) is 0 Å². The fourth-order valence-electron chi connectivity index (χ4n) is 3.03. The van der Waals surface area contributed by atoms with Gasteiger partial charge in [0.05, 0.1) is 18.0 Å². The van der Waals surface area contributed by atoms with E-state index in [-0.39, 0.29) is 18.1 Å². The van der Waals surface area contributed by atoms with Crippen LogP contribution in [0.15, 0.2) is 30.0 Å². The molecule has 1 fully saturated rings. The highest BCUT2D eigenvalue weighted by atomic mass is 16.5. The van der Waals surface area contributed by atoms with E-state index in [9.17, 15) is 20.1 Å². The first-order chi connectivity index (χ1) is 11.5. The van der Waals surface area contributed by atoms with E-state index < -0.39 is 24.2 Å². The van der Waals surface area contributed by atoms with Crippen molar-refractivity contribution in [1.82, 2.24) is 4.98 Å². The highest BCUT2D eigenvalue weighted by molar-refractivity contribution is 6.03. The molecule has 2 aliphatic rings. The predicted octanol–water partition coefficient (Wildman–Crippen LogP) is 0.754. The second kappa shape index (κ2) is 7.29. The van der Waals surface area contributed by atoms with Crippen molar-refractivity contribution in [3.63, 3.8) is 0 Å². The Morgan fingerprint density at radius 3 is 2.58 bits per heavy atom. The molecule has 0 saturated heterocycles. The lowest BCUT2D eigenvalue weighted by Crippen LogP contribution is -2.41. The molecule has 0 spiro atoms. The minimum Gasteiger partial charge on any atom is -0.474 e. The summed E-state index contributed by atoms with van der Waals surface area (Å²) < 4.78 is 5.76. The van der Waals surface area contributed by atoms with Crippen LogP contribution in [-0.2, 0) is 4.79 Å². The van der Waals surface area contributed by atoms with Crippen molar-refractivity contribution < 1.29 is 24.9 Å². The lowest BCUT2D eigenvalue weighted by atomic mass is 9.92. The van der Waals surface area contributed by atoms with E-state index in [2.05, 4.69) is 10.3 Å². The highest BCUT2D eigenvalue weighted by Gasteiger charge is 2.31. The second-order valence-electron chi connectivity index (χ2n) is 6.31. The Morgan fingerprint density at radius 2 is 1.96 bits per heavy atom. The number of ether oxygens (including phenoxy) is 1. The Balaban J connectivity index is 1.59. The molecule has 7 heteroatoms. The Labute approximate surface area is 140 Å². The molecule has 0 bridgehead atoms. The molecular weight excluding hydrogens is 312 g/mol.